The first kappa shape index (κ1) is 18.4. The highest BCUT2D eigenvalue weighted by Crippen LogP contribution is 2.39. The average molecular weight is 366 g/mol. The van der Waals surface area contributed by atoms with E-state index in [0.29, 0.717) is 10.9 Å². The first-order valence-corrected chi connectivity index (χ1v) is 9.69. The van der Waals surface area contributed by atoms with E-state index in [2.05, 4.69) is 14.9 Å². The quantitative estimate of drug-likeness (QED) is 0.597. The van der Waals surface area contributed by atoms with Gasteiger partial charge in [-0.3, -0.25) is 9.59 Å². The Labute approximate surface area is 151 Å². The normalized spacial score (nSPS) is 23.8. The van der Waals surface area contributed by atoms with Crippen LogP contribution in [0.5, 0.6) is 0 Å². The lowest BCUT2D eigenvalue weighted by Gasteiger charge is -2.48. The lowest BCUT2D eigenvalue weighted by atomic mass is 9.72. The van der Waals surface area contributed by atoms with E-state index in [1.54, 1.807) is 6.92 Å². The molecule has 138 valence electrons. The number of aromatic amines is 1. The van der Waals surface area contributed by atoms with Gasteiger partial charge in [-0.15, -0.1) is 0 Å². The van der Waals surface area contributed by atoms with Gasteiger partial charge >= 0.3 is 0 Å². The van der Waals surface area contributed by atoms with E-state index in [1.807, 2.05) is 11.9 Å². The molecule has 2 fully saturated rings. The van der Waals surface area contributed by atoms with Crippen molar-refractivity contribution >= 4 is 17.7 Å². The Morgan fingerprint density at radius 1 is 1.48 bits per heavy atom. The molecule has 2 aliphatic rings. The third-order valence-corrected chi connectivity index (χ3v) is 6.01. The van der Waals surface area contributed by atoms with Gasteiger partial charge in [0, 0.05) is 37.9 Å². The minimum atomic E-state index is -0.263. The van der Waals surface area contributed by atoms with Crippen molar-refractivity contribution in [2.45, 2.75) is 37.4 Å². The molecule has 0 aromatic carbocycles. The van der Waals surface area contributed by atoms with Crippen molar-refractivity contribution in [3.05, 3.63) is 22.1 Å². The minimum Gasteiger partial charge on any atom is -0.392 e. The van der Waals surface area contributed by atoms with Gasteiger partial charge in [0.2, 0.25) is 5.91 Å². The number of amides is 1. The number of piperidine rings is 2. The summed E-state index contributed by atoms with van der Waals surface area (Å²) in [6.07, 6.45) is 2.44. The molecule has 7 nitrogen and oxygen atoms in total. The molecule has 0 aliphatic carbocycles. The van der Waals surface area contributed by atoms with Crippen LogP contribution in [-0.4, -0.2) is 75.9 Å². The molecule has 3 rings (SSSR count). The Kier molecular flexibility index (Phi) is 5.50. The second kappa shape index (κ2) is 7.47. The fraction of sp³-hybridized carbons (Fsp3) is 0.706. The maximum atomic E-state index is 12.5. The number of hydrogen-bond donors (Lipinski definition) is 2. The Bertz CT molecular complexity index is 673. The molecular formula is C17H26N4O3S. The summed E-state index contributed by atoms with van der Waals surface area (Å²) in [6.45, 7) is 4.97. The molecule has 2 saturated heterocycles. The molecule has 25 heavy (non-hydrogen) atoms. The van der Waals surface area contributed by atoms with Gasteiger partial charge in [0.05, 0.1) is 11.9 Å². The molecule has 0 radical (unpaired) electrons. The fourth-order valence-corrected chi connectivity index (χ4v) is 4.88. The van der Waals surface area contributed by atoms with E-state index >= 15 is 0 Å². The summed E-state index contributed by atoms with van der Waals surface area (Å²) in [5.41, 5.74) is 0.598. The summed E-state index contributed by atoms with van der Waals surface area (Å²) in [6, 6.07) is 1.44. The van der Waals surface area contributed by atoms with Crippen molar-refractivity contribution in [3.63, 3.8) is 0 Å². The Morgan fingerprint density at radius 3 is 2.84 bits per heavy atom. The molecule has 1 amide bonds. The second-order valence-electron chi connectivity index (χ2n) is 7.42. The Balaban J connectivity index is 1.52. The van der Waals surface area contributed by atoms with Crippen molar-refractivity contribution in [1.29, 1.82) is 0 Å². The molecule has 1 unspecified atom stereocenters. The standard InChI is InChI=1S/C17H26N4O3S/c1-12-7-14(23)19-16(18-12)25-10-15(24)21-5-3-17(4-6-21)8-13(22)9-20(2)11-17/h7,13,22H,3-6,8-11H2,1-2H3,(H,18,19,23). The molecular weight excluding hydrogens is 340 g/mol. The summed E-state index contributed by atoms with van der Waals surface area (Å²) < 4.78 is 0. The SMILES string of the molecule is Cc1cc(=O)[nH]c(SCC(=O)N2CCC3(CC2)CC(O)CN(C)C3)n1. The van der Waals surface area contributed by atoms with Gasteiger partial charge in [-0.1, -0.05) is 11.8 Å². The third-order valence-electron chi connectivity index (χ3n) is 5.15. The number of rotatable bonds is 3. The number of likely N-dealkylation sites (N-methyl/N-ethyl adjacent to an activating group) is 1. The number of likely N-dealkylation sites (tertiary alicyclic amines) is 2. The van der Waals surface area contributed by atoms with Crippen LogP contribution >= 0.6 is 11.8 Å². The van der Waals surface area contributed by atoms with Crippen LogP contribution in [0.2, 0.25) is 0 Å². The number of H-pyrrole nitrogens is 1. The van der Waals surface area contributed by atoms with Crippen LogP contribution in [-0.2, 0) is 4.79 Å². The number of nitrogens with one attached hydrogen (secondary N) is 1. The van der Waals surface area contributed by atoms with Crippen LogP contribution < -0.4 is 5.56 Å². The van der Waals surface area contributed by atoms with Crippen LogP contribution in [0.4, 0.5) is 0 Å². The zero-order valence-corrected chi connectivity index (χ0v) is 15.6. The Hall–Kier alpha value is -1.38. The molecule has 3 heterocycles. The number of nitrogens with zero attached hydrogens (tertiary/aromatic N) is 3. The molecule has 1 aromatic heterocycles. The topological polar surface area (TPSA) is 89.5 Å². The van der Waals surface area contributed by atoms with Crippen molar-refractivity contribution in [2.75, 3.05) is 39.0 Å². The predicted molar refractivity (Wildman–Crippen MR) is 96.7 cm³/mol. The van der Waals surface area contributed by atoms with Gasteiger partial charge in [-0.05, 0) is 38.6 Å². The largest absolute Gasteiger partial charge is 0.392 e. The monoisotopic (exact) mass is 366 g/mol. The minimum absolute atomic E-state index is 0.0775. The van der Waals surface area contributed by atoms with Crippen LogP contribution in [0, 0.1) is 12.3 Å². The highest BCUT2D eigenvalue weighted by atomic mass is 32.2. The summed E-state index contributed by atoms with van der Waals surface area (Å²) in [5, 5.41) is 10.6. The first-order chi connectivity index (χ1) is 11.8. The van der Waals surface area contributed by atoms with E-state index in [4.69, 9.17) is 0 Å². The van der Waals surface area contributed by atoms with Crippen molar-refractivity contribution in [1.82, 2.24) is 19.8 Å². The zero-order chi connectivity index (χ0) is 18.0. The molecule has 1 aromatic rings. The maximum Gasteiger partial charge on any atom is 0.251 e. The molecule has 2 aliphatic heterocycles. The number of thioether (sulfide) groups is 1. The summed E-state index contributed by atoms with van der Waals surface area (Å²) in [4.78, 5) is 34.9. The highest BCUT2D eigenvalue weighted by Gasteiger charge is 2.41. The van der Waals surface area contributed by atoms with Gasteiger partial charge in [0.1, 0.15) is 0 Å². The maximum absolute atomic E-state index is 12.5. The lowest BCUT2D eigenvalue weighted by molar-refractivity contribution is -0.132. The van der Waals surface area contributed by atoms with E-state index in [-0.39, 0.29) is 28.7 Å². The van der Waals surface area contributed by atoms with E-state index < -0.39 is 0 Å². The number of aryl methyl sites for hydroxylation is 1. The molecule has 1 spiro atoms. The van der Waals surface area contributed by atoms with E-state index in [1.165, 1.54) is 17.8 Å². The van der Waals surface area contributed by atoms with Gasteiger partial charge < -0.3 is 19.9 Å². The van der Waals surface area contributed by atoms with Crippen LogP contribution in [0.15, 0.2) is 16.0 Å². The lowest BCUT2D eigenvalue weighted by Crippen LogP contribution is -2.53. The number of aromatic nitrogens is 2. The van der Waals surface area contributed by atoms with Crippen LogP contribution in [0.1, 0.15) is 25.0 Å². The number of carbonyl (C=O) groups is 1. The van der Waals surface area contributed by atoms with Gasteiger partial charge in [-0.2, -0.15) is 0 Å². The number of β-amino-alcohol motifs (C(OH)–C–C–N with tert-alkyl or cyclic N) is 1. The second-order valence-corrected chi connectivity index (χ2v) is 8.38. The molecule has 2 N–H and O–H groups in total. The Morgan fingerprint density at radius 2 is 2.20 bits per heavy atom. The van der Waals surface area contributed by atoms with Crippen molar-refractivity contribution < 1.29 is 9.90 Å². The smallest absolute Gasteiger partial charge is 0.251 e. The molecule has 1 atom stereocenters. The van der Waals surface area contributed by atoms with Gasteiger partial charge in [0.25, 0.3) is 5.56 Å². The number of aliphatic hydroxyl groups excluding tert-OH is 1. The van der Waals surface area contributed by atoms with Gasteiger partial charge in [0.15, 0.2) is 5.16 Å². The molecule has 0 saturated carbocycles. The first-order valence-electron chi connectivity index (χ1n) is 8.70. The van der Waals surface area contributed by atoms with Crippen LogP contribution in [0.25, 0.3) is 0 Å². The third kappa shape index (κ3) is 4.62. The fourth-order valence-electron chi connectivity index (χ4n) is 4.06. The van der Waals surface area contributed by atoms with E-state index in [9.17, 15) is 14.7 Å². The highest BCUT2D eigenvalue weighted by molar-refractivity contribution is 7.99. The number of carbonyl (C=O) groups excluding carboxylic acids is 1. The summed E-state index contributed by atoms with van der Waals surface area (Å²) in [7, 11) is 2.05. The molecule has 8 heteroatoms. The van der Waals surface area contributed by atoms with Crippen molar-refractivity contribution in [2.24, 2.45) is 5.41 Å². The van der Waals surface area contributed by atoms with Crippen LogP contribution in [0.3, 0.4) is 0 Å². The number of aliphatic hydroxyl groups is 1. The average Bonchev–Trinajstić information content (AvgIpc) is 2.51. The van der Waals surface area contributed by atoms with E-state index in [0.717, 1.165) is 45.4 Å². The zero-order valence-electron chi connectivity index (χ0n) is 14.8. The summed E-state index contributed by atoms with van der Waals surface area (Å²) >= 11 is 1.27. The van der Waals surface area contributed by atoms with Gasteiger partial charge in [-0.25, -0.2) is 4.98 Å². The number of hydrogen-bond acceptors (Lipinski definition) is 6. The summed E-state index contributed by atoms with van der Waals surface area (Å²) in [5.74, 6) is 0.357. The predicted octanol–water partition coefficient (Wildman–Crippen LogP) is 0.476. The molecule has 0 bridgehead atoms. The van der Waals surface area contributed by atoms with Crippen molar-refractivity contribution in [3.8, 4) is 0 Å².